The summed E-state index contributed by atoms with van der Waals surface area (Å²) in [6.45, 7) is 0. The Labute approximate surface area is 85.8 Å². The number of rotatable bonds is 2. The fourth-order valence-electron chi connectivity index (χ4n) is 1.29. The summed E-state index contributed by atoms with van der Waals surface area (Å²) in [7, 11) is 0. The Bertz CT molecular complexity index is 491. The van der Waals surface area contributed by atoms with E-state index in [4.69, 9.17) is 10.8 Å². The maximum Gasteiger partial charge on any atom is 0.337 e. The molecule has 2 aromatic rings. The fraction of sp³-hybridized carbons (Fsp3) is 0. The van der Waals surface area contributed by atoms with Gasteiger partial charge in [-0.15, -0.1) is 0 Å². The van der Waals surface area contributed by atoms with Crippen molar-refractivity contribution >= 4 is 11.7 Å². The monoisotopic (exact) mass is 203 g/mol. The van der Waals surface area contributed by atoms with Crippen LogP contribution < -0.4 is 5.73 Å². The first kappa shape index (κ1) is 9.26. The second kappa shape index (κ2) is 3.45. The van der Waals surface area contributed by atoms with E-state index in [9.17, 15) is 4.79 Å². The molecule has 0 fully saturated rings. The number of carboxylic acids is 1. The van der Waals surface area contributed by atoms with E-state index < -0.39 is 5.97 Å². The first-order valence-electron chi connectivity index (χ1n) is 4.31. The number of benzene rings is 1. The Morgan fingerprint density at radius 1 is 1.47 bits per heavy atom. The summed E-state index contributed by atoms with van der Waals surface area (Å²) in [5.41, 5.74) is 6.54. The third-order valence-corrected chi connectivity index (χ3v) is 2.04. The molecule has 0 spiro atoms. The Balaban J connectivity index is 2.52. The largest absolute Gasteiger partial charge is 0.478 e. The standard InChI is InChI=1S/C10H9N3O2/c11-9-3-2-7(6-8(9)10(14)15)13-5-1-4-12-13/h1-6H,11H2,(H,14,15). The van der Waals surface area contributed by atoms with Crippen molar-refractivity contribution in [2.75, 3.05) is 5.73 Å². The number of aromatic carboxylic acids is 1. The minimum absolute atomic E-state index is 0.0861. The topological polar surface area (TPSA) is 81.1 Å². The molecule has 0 amide bonds. The van der Waals surface area contributed by atoms with Crippen LogP contribution in [-0.4, -0.2) is 20.9 Å². The number of carboxylic acid groups (broad SMARTS) is 1. The van der Waals surface area contributed by atoms with Gasteiger partial charge in [-0.1, -0.05) is 0 Å². The van der Waals surface area contributed by atoms with Gasteiger partial charge in [0.1, 0.15) is 0 Å². The quantitative estimate of drug-likeness (QED) is 0.717. The molecule has 76 valence electrons. The van der Waals surface area contributed by atoms with E-state index >= 15 is 0 Å². The maximum absolute atomic E-state index is 10.8. The number of anilines is 1. The summed E-state index contributed by atoms with van der Waals surface area (Å²) in [5.74, 6) is -1.04. The van der Waals surface area contributed by atoms with Gasteiger partial charge in [0.15, 0.2) is 0 Å². The van der Waals surface area contributed by atoms with Gasteiger partial charge in [0, 0.05) is 18.1 Å². The molecule has 3 N–H and O–H groups in total. The van der Waals surface area contributed by atoms with Gasteiger partial charge >= 0.3 is 5.97 Å². The van der Waals surface area contributed by atoms with Gasteiger partial charge in [-0.3, -0.25) is 0 Å². The molecule has 2 rings (SSSR count). The zero-order valence-corrected chi connectivity index (χ0v) is 7.79. The lowest BCUT2D eigenvalue weighted by Crippen LogP contribution is -2.04. The van der Waals surface area contributed by atoms with Crippen LogP contribution in [-0.2, 0) is 0 Å². The van der Waals surface area contributed by atoms with Crippen LogP contribution in [0, 0.1) is 0 Å². The minimum atomic E-state index is -1.04. The van der Waals surface area contributed by atoms with Gasteiger partial charge in [-0.2, -0.15) is 5.10 Å². The molecule has 15 heavy (non-hydrogen) atoms. The molecule has 0 saturated heterocycles. The molecule has 0 saturated carbocycles. The lowest BCUT2D eigenvalue weighted by molar-refractivity contribution is 0.0698. The smallest absolute Gasteiger partial charge is 0.337 e. The first-order chi connectivity index (χ1) is 7.18. The molecular weight excluding hydrogens is 194 g/mol. The molecule has 0 atom stereocenters. The van der Waals surface area contributed by atoms with Crippen molar-refractivity contribution in [3.8, 4) is 5.69 Å². The van der Waals surface area contributed by atoms with Crippen LogP contribution >= 0.6 is 0 Å². The van der Waals surface area contributed by atoms with Gasteiger partial charge in [0.05, 0.1) is 11.3 Å². The second-order valence-corrected chi connectivity index (χ2v) is 3.03. The average Bonchev–Trinajstić information content (AvgIpc) is 2.71. The Morgan fingerprint density at radius 2 is 2.27 bits per heavy atom. The molecule has 1 aromatic heterocycles. The van der Waals surface area contributed by atoms with Gasteiger partial charge in [-0.25, -0.2) is 9.48 Å². The summed E-state index contributed by atoms with van der Waals surface area (Å²) >= 11 is 0. The summed E-state index contributed by atoms with van der Waals surface area (Å²) in [4.78, 5) is 10.8. The van der Waals surface area contributed by atoms with E-state index in [1.54, 1.807) is 35.3 Å². The molecule has 0 unspecified atom stereocenters. The molecular formula is C10H9N3O2. The molecule has 0 aliphatic rings. The number of nitrogens with two attached hydrogens (primary N) is 1. The Morgan fingerprint density at radius 3 is 2.87 bits per heavy atom. The van der Waals surface area contributed by atoms with Gasteiger partial charge < -0.3 is 10.8 Å². The van der Waals surface area contributed by atoms with E-state index in [0.717, 1.165) is 0 Å². The number of hydrogen-bond acceptors (Lipinski definition) is 3. The highest BCUT2D eigenvalue weighted by Crippen LogP contribution is 2.16. The summed E-state index contributed by atoms with van der Waals surface area (Å²) in [6, 6.07) is 6.52. The van der Waals surface area contributed by atoms with E-state index in [0.29, 0.717) is 5.69 Å². The summed E-state index contributed by atoms with van der Waals surface area (Å²) in [6.07, 6.45) is 3.36. The van der Waals surface area contributed by atoms with Crippen LogP contribution in [0.1, 0.15) is 10.4 Å². The molecule has 0 bridgehead atoms. The number of nitrogens with zero attached hydrogens (tertiary/aromatic N) is 2. The van der Waals surface area contributed by atoms with Crippen LogP contribution in [0.2, 0.25) is 0 Å². The summed E-state index contributed by atoms with van der Waals surface area (Å²) in [5, 5.41) is 12.9. The zero-order valence-electron chi connectivity index (χ0n) is 7.79. The lowest BCUT2D eigenvalue weighted by atomic mass is 10.1. The van der Waals surface area contributed by atoms with Crippen molar-refractivity contribution in [2.45, 2.75) is 0 Å². The number of carbonyl (C=O) groups is 1. The van der Waals surface area contributed by atoms with E-state index in [1.165, 1.54) is 6.07 Å². The Kier molecular flexibility index (Phi) is 2.13. The van der Waals surface area contributed by atoms with Crippen molar-refractivity contribution in [3.05, 3.63) is 42.2 Å². The van der Waals surface area contributed by atoms with Gasteiger partial charge in [0.25, 0.3) is 0 Å². The SMILES string of the molecule is Nc1ccc(-n2cccn2)cc1C(=O)O. The average molecular weight is 203 g/mol. The van der Waals surface area contributed by atoms with Crippen LogP contribution in [0.15, 0.2) is 36.7 Å². The van der Waals surface area contributed by atoms with Crippen molar-refractivity contribution in [1.29, 1.82) is 0 Å². The van der Waals surface area contributed by atoms with Crippen LogP contribution in [0.25, 0.3) is 5.69 Å². The van der Waals surface area contributed by atoms with Gasteiger partial charge in [0.2, 0.25) is 0 Å². The molecule has 1 aromatic carbocycles. The zero-order chi connectivity index (χ0) is 10.8. The van der Waals surface area contributed by atoms with Crippen molar-refractivity contribution in [2.24, 2.45) is 0 Å². The number of aromatic nitrogens is 2. The molecule has 1 heterocycles. The normalized spacial score (nSPS) is 10.1. The first-order valence-corrected chi connectivity index (χ1v) is 4.31. The van der Waals surface area contributed by atoms with Crippen LogP contribution in [0.4, 0.5) is 5.69 Å². The molecule has 0 aliphatic heterocycles. The third-order valence-electron chi connectivity index (χ3n) is 2.04. The predicted molar refractivity (Wildman–Crippen MR) is 54.9 cm³/mol. The second-order valence-electron chi connectivity index (χ2n) is 3.03. The number of hydrogen-bond donors (Lipinski definition) is 2. The highest BCUT2D eigenvalue weighted by Gasteiger charge is 2.09. The Hall–Kier alpha value is -2.30. The minimum Gasteiger partial charge on any atom is -0.478 e. The lowest BCUT2D eigenvalue weighted by Gasteiger charge is -2.04. The van der Waals surface area contributed by atoms with E-state index in [2.05, 4.69) is 5.10 Å². The van der Waals surface area contributed by atoms with E-state index in [1.807, 2.05) is 0 Å². The number of nitrogen functional groups attached to an aromatic ring is 1. The fourth-order valence-corrected chi connectivity index (χ4v) is 1.29. The van der Waals surface area contributed by atoms with Gasteiger partial charge in [-0.05, 0) is 24.3 Å². The van der Waals surface area contributed by atoms with Crippen molar-refractivity contribution in [1.82, 2.24) is 9.78 Å². The third kappa shape index (κ3) is 1.67. The molecule has 5 heteroatoms. The molecule has 0 radical (unpaired) electrons. The van der Waals surface area contributed by atoms with E-state index in [-0.39, 0.29) is 11.3 Å². The van der Waals surface area contributed by atoms with Crippen LogP contribution in [0.5, 0.6) is 0 Å². The van der Waals surface area contributed by atoms with Crippen molar-refractivity contribution < 1.29 is 9.90 Å². The highest BCUT2D eigenvalue weighted by atomic mass is 16.4. The molecule has 5 nitrogen and oxygen atoms in total. The van der Waals surface area contributed by atoms with Crippen LogP contribution in [0.3, 0.4) is 0 Å². The highest BCUT2D eigenvalue weighted by molar-refractivity contribution is 5.94. The predicted octanol–water partition coefficient (Wildman–Crippen LogP) is 1.15. The molecule has 0 aliphatic carbocycles. The maximum atomic E-state index is 10.8. The van der Waals surface area contributed by atoms with Crippen molar-refractivity contribution in [3.63, 3.8) is 0 Å². The summed E-state index contributed by atoms with van der Waals surface area (Å²) < 4.78 is 1.58.